The zero-order chi connectivity index (χ0) is 14.0. The van der Waals surface area contributed by atoms with Gasteiger partial charge in [0.05, 0.1) is 6.54 Å². The van der Waals surface area contributed by atoms with Crippen LogP contribution in [0.5, 0.6) is 0 Å². The standard InChI is InChI=1S/C16H24N2O/c1-11(2)9-13(4)18-15(19)10-17-16(18)14-7-5-12(3)6-8-14/h5-8,11,13,16-17H,9-10H2,1-4H3. The van der Waals surface area contributed by atoms with E-state index in [1.807, 2.05) is 4.90 Å². The molecule has 0 aliphatic carbocycles. The van der Waals surface area contributed by atoms with Gasteiger partial charge >= 0.3 is 0 Å². The topological polar surface area (TPSA) is 32.3 Å². The predicted octanol–water partition coefficient (Wildman–Crippen LogP) is 2.86. The van der Waals surface area contributed by atoms with E-state index < -0.39 is 0 Å². The zero-order valence-electron chi connectivity index (χ0n) is 12.3. The Kier molecular flexibility index (Phi) is 4.25. The number of hydrogen-bond acceptors (Lipinski definition) is 2. The Morgan fingerprint density at radius 2 is 1.89 bits per heavy atom. The largest absolute Gasteiger partial charge is 0.319 e. The molecule has 104 valence electrons. The van der Waals surface area contributed by atoms with Crippen LogP contribution in [0.15, 0.2) is 24.3 Å². The van der Waals surface area contributed by atoms with Gasteiger partial charge in [-0.15, -0.1) is 0 Å². The van der Waals surface area contributed by atoms with E-state index in [2.05, 4.69) is 57.3 Å². The summed E-state index contributed by atoms with van der Waals surface area (Å²) < 4.78 is 0. The first-order chi connectivity index (χ1) is 8.99. The van der Waals surface area contributed by atoms with Gasteiger partial charge in [-0.2, -0.15) is 0 Å². The van der Waals surface area contributed by atoms with Gasteiger partial charge in [0.2, 0.25) is 5.91 Å². The Bertz CT molecular complexity index is 439. The lowest BCUT2D eigenvalue weighted by Crippen LogP contribution is -2.38. The Morgan fingerprint density at radius 3 is 2.47 bits per heavy atom. The van der Waals surface area contributed by atoms with Crippen molar-refractivity contribution in [3.05, 3.63) is 35.4 Å². The van der Waals surface area contributed by atoms with Crippen LogP contribution in [0.2, 0.25) is 0 Å². The van der Waals surface area contributed by atoms with Crippen LogP contribution in [0.25, 0.3) is 0 Å². The maximum absolute atomic E-state index is 12.1. The number of rotatable bonds is 4. The molecule has 2 unspecified atom stereocenters. The quantitative estimate of drug-likeness (QED) is 0.903. The molecule has 2 rings (SSSR count). The predicted molar refractivity (Wildman–Crippen MR) is 77.7 cm³/mol. The molecule has 0 radical (unpaired) electrons. The van der Waals surface area contributed by atoms with E-state index in [9.17, 15) is 4.79 Å². The highest BCUT2D eigenvalue weighted by Gasteiger charge is 2.34. The number of nitrogens with one attached hydrogen (secondary N) is 1. The summed E-state index contributed by atoms with van der Waals surface area (Å²) in [6.07, 6.45) is 1.07. The monoisotopic (exact) mass is 260 g/mol. The fraction of sp³-hybridized carbons (Fsp3) is 0.562. The summed E-state index contributed by atoms with van der Waals surface area (Å²) in [5, 5.41) is 3.32. The molecule has 0 bridgehead atoms. The highest BCUT2D eigenvalue weighted by molar-refractivity contribution is 5.81. The number of carbonyl (C=O) groups is 1. The molecule has 1 amide bonds. The molecule has 1 fully saturated rings. The lowest BCUT2D eigenvalue weighted by molar-refractivity contribution is -0.130. The maximum Gasteiger partial charge on any atom is 0.238 e. The van der Waals surface area contributed by atoms with Crippen LogP contribution in [0.4, 0.5) is 0 Å². The van der Waals surface area contributed by atoms with Gasteiger partial charge in [0.25, 0.3) is 0 Å². The summed E-state index contributed by atoms with van der Waals surface area (Å²) in [4.78, 5) is 14.1. The first-order valence-corrected chi connectivity index (χ1v) is 7.10. The second-order valence-corrected chi connectivity index (χ2v) is 5.97. The van der Waals surface area contributed by atoms with Crippen LogP contribution in [0, 0.1) is 12.8 Å². The second kappa shape index (κ2) is 5.74. The summed E-state index contributed by atoms with van der Waals surface area (Å²) in [6.45, 7) is 9.07. The minimum Gasteiger partial charge on any atom is -0.319 e. The molecule has 2 atom stereocenters. The SMILES string of the molecule is Cc1ccc(C2NCC(=O)N2C(C)CC(C)C)cc1. The number of hydrogen-bond donors (Lipinski definition) is 1. The molecule has 0 saturated carbocycles. The summed E-state index contributed by atoms with van der Waals surface area (Å²) in [5.41, 5.74) is 2.42. The molecule has 1 saturated heterocycles. The third kappa shape index (κ3) is 3.16. The average molecular weight is 260 g/mol. The van der Waals surface area contributed by atoms with Gasteiger partial charge in [0, 0.05) is 6.04 Å². The molecule has 1 aromatic carbocycles. The lowest BCUT2D eigenvalue weighted by atomic mass is 10.0. The van der Waals surface area contributed by atoms with E-state index >= 15 is 0 Å². The first-order valence-electron chi connectivity index (χ1n) is 7.10. The highest BCUT2D eigenvalue weighted by Crippen LogP contribution is 2.27. The Labute approximate surface area is 116 Å². The van der Waals surface area contributed by atoms with Gasteiger partial charge in [-0.05, 0) is 31.7 Å². The summed E-state index contributed by atoms with van der Waals surface area (Å²) in [7, 11) is 0. The Hall–Kier alpha value is -1.35. The van der Waals surface area contributed by atoms with Crippen molar-refractivity contribution in [3.8, 4) is 0 Å². The van der Waals surface area contributed by atoms with Crippen molar-refractivity contribution in [3.63, 3.8) is 0 Å². The van der Waals surface area contributed by atoms with Crippen LogP contribution in [-0.4, -0.2) is 23.4 Å². The highest BCUT2D eigenvalue weighted by atomic mass is 16.2. The normalized spacial score (nSPS) is 21.2. The molecule has 19 heavy (non-hydrogen) atoms. The van der Waals surface area contributed by atoms with Crippen LogP contribution in [-0.2, 0) is 4.79 Å². The van der Waals surface area contributed by atoms with Crippen molar-refractivity contribution in [1.29, 1.82) is 0 Å². The van der Waals surface area contributed by atoms with E-state index in [-0.39, 0.29) is 18.1 Å². The van der Waals surface area contributed by atoms with E-state index in [1.165, 1.54) is 11.1 Å². The van der Waals surface area contributed by atoms with Gasteiger partial charge < -0.3 is 4.90 Å². The average Bonchev–Trinajstić information content (AvgIpc) is 2.71. The molecule has 0 spiro atoms. The molecule has 0 aromatic heterocycles. The number of carbonyl (C=O) groups excluding carboxylic acids is 1. The van der Waals surface area contributed by atoms with Crippen molar-refractivity contribution in [2.45, 2.75) is 46.3 Å². The van der Waals surface area contributed by atoms with Gasteiger partial charge in [-0.1, -0.05) is 43.7 Å². The molecule has 1 aliphatic rings. The van der Waals surface area contributed by atoms with Gasteiger partial charge in [-0.3, -0.25) is 10.1 Å². The van der Waals surface area contributed by atoms with E-state index in [0.29, 0.717) is 12.5 Å². The smallest absolute Gasteiger partial charge is 0.238 e. The van der Waals surface area contributed by atoms with E-state index in [0.717, 1.165) is 6.42 Å². The van der Waals surface area contributed by atoms with Crippen molar-refractivity contribution >= 4 is 5.91 Å². The number of nitrogens with zero attached hydrogens (tertiary/aromatic N) is 1. The molecular weight excluding hydrogens is 236 g/mol. The van der Waals surface area contributed by atoms with Crippen LogP contribution in [0.1, 0.15) is 44.5 Å². The maximum atomic E-state index is 12.1. The van der Waals surface area contributed by atoms with Crippen molar-refractivity contribution < 1.29 is 4.79 Å². The number of benzene rings is 1. The second-order valence-electron chi connectivity index (χ2n) is 5.97. The van der Waals surface area contributed by atoms with Crippen LogP contribution in [0.3, 0.4) is 0 Å². The number of aryl methyl sites for hydroxylation is 1. The number of amides is 1. The fourth-order valence-corrected chi connectivity index (χ4v) is 2.84. The first kappa shape index (κ1) is 14.1. The van der Waals surface area contributed by atoms with E-state index in [4.69, 9.17) is 0 Å². The van der Waals surface area contributed by atoms with E-state index in [1.54, 1.807) is 0 Å². The summed E-state index contributed by atoms with van der Waals surface area (Å²) in [5.74, 6) is 0.806. The molecule has 3 nitrogen and oxygen atoms in total. The van der Waals surface area contributed by atoms with Crippen LogP contribution >= 0.6 is 0 Å². The van der Waals surface area contributed by atoms with Gasteiger partial charge in [0.1, 0.15) is 6.17 Å². The summed E-state index contributed by atoms with van der Waals surface area (Å²) >= 11 is 0. The third-order valence-electron chi connectivity index (χ3n) is 3.69. The van der Waals surface area contributed by atoms with Gasteiger partial charge in [0.15, 0.2) is 0 Å². The molecule has 1 heterocycles. The molecule has 3 heteroatoms. The van der Waals surface area contributed by atoms with Crippen molar-refractivity contribution in [2.75, 3.05) is 6.54 Å². The Balaban J connectivity index is 2.19. The molecule has 1 aliphatic heterocycles. The molecular formula is C16H24N2O. The van der Waals surface area contributed by atoms with Crippen molar-refractivity contribution in [2.24, 2.45) is 5.92 Å². The molecule has 1 aromatic rings. The fourth-order valence-electron chi connectivity index (χ4n) is 2.84. The lowest BCUT2D eigenvalue weighted by Gasteiger charge is -2.31. The molecule has 1 N–H and O–H groups in total. The van der Waals surface area contributed by atoms with Gasteiger partial charge in [-0.25, -0.2) is 0 Å². The zero-order valence-corrected chi connectivity index (χ0v) is 12.3. The third-order valence-corrected chi connectivity index (χ3v) is 3.69. The summed E-state index contributed by atoms with van der Waals surface area (Å²) in [6, 6.07) is 8.70. The Morgan fingerprint density at radius 1 is 1.26 bits per heavy atom. The van der Waals surface area contributed by atoms with Crippen LogP contribution < -0.4 is 5.32 Å². The minimum absolute atomic E-state index is 0.0295. The van der Waals surface area contributed by atoms with Crippen molar-refractivity contribution in [1.82, 2.24) is 10.2 Å². The minimum atomic E-state index is 0.0295.